The Labute approximate surface area is 107 Å². The number of carbonyl (C=O) groups excluding carboxylic acids is 1. The molecule has 0 aliphatic carbocycles. The Kier molecular flexibility index (Phi) is 5.80. The molecular weight excluding hydrogens is 236 g/mol. The molecule has 0 aliphatic heterocycles. The van der Waals surface area contributed by atoms with Crippen molar-refractivity contribution in [2.75, 3.05) is 6.61 Å². The van der Waals surface area contributed by atoms with Crippen molar-refractivity contribution in [3.63, 3.8) is 0 Å². The summed E-state index contributed by atoms with van der Waals surface area (Å²) in [6, 6.07) is 0. The third kappa shape index (κ3) is 5.29. The van der Waals surface area contributed by atoms with Crippen LogP contribution in [0.2, 0.25) is 0 Å². The molecule has 18 heavy (non-hydrogen) atoms. The first-order valence-corrected chi connectivity index (χ1v) is 5.98. The highest BCUT2D eigenvalue weighted by molar-refractivity contribution is 5.69. The summed E-state index contributed by atoms with van der Waals surface area (Å²) in [5, 5.41) is 0. The van der Waals surface area contributed by atoms with Crippen molar-refractivity contribution in [1.29, 1.82) is 0 Å². The van der Waals surface area contributed by atoms with Gasteiger partial charge in [0.25, 0.3) is 0 Å². The smallest absolute Gasteiger partial charge is 0.350 e. The molecule has 102 valence electrons. The van der Waals surface area contributed by atoms with E-state index in [9.17, 15) is 4.79 Å². The van der Waals surface area contributed by atoms with Gasteiger partial charge in [-0.05, 0) is 20.8 Å². The highest BCUT2D eigenvalue weighted by Gasteiger charge is 2.15. The first kappa shape index (κ1) is 14.7. The highest BCUT2D eigenvalue weighted by atomic mass is 16.8. The lowest BCUT2D eigenvalue weighted by atomic mass is 10.6. The van der Waals surface area contributed by atoms with Gasteiger partial charge >= 0.3 is 5.97 Å². The van der Waals surface area contributed by atoms with Crippen molar-refractivity contribution < 1.29 is 23.6 Å². The molecule has 0 aliphatic rings. The second kappa shape index (κ2) is 7.13. The van der Waals surface area contributed by atoms with E-state index in [1.165, 1.54) is 0 Å². The van der Waals surface area contributed by atoms with Crippen LogP contribution in [0.1, 0.15) is 20.8 Å². The molecule has 1 aromatic heterocycles. The van der Waals surface area contributed by atoms with Crippen LogP contribution in [0.15, 0.2) is 18.7 Å². The van der Waals surface area contributed by atoms with Crippen molar-refractivity contribution in [3.05, 3.63) is 18.7 Å². The summed E-state index contributed by atoms with van der Waals surface area (Å²) in [4.78, 5) is 11.6. The fourth-order valence-electron chi connectivity index (χ4n) is 1.54. The maximum Gasteiger partial charge on any atom is 0.350 e. The number of rotatable bonds is 7. The zero-order chi connectivity index (χ0) is 13.5. The molecule has 6 heteroatoms. The molecule has 0 saturated carbocycles. The van der Waals surface area contributed by atoms with Crippen LogP contribution in [0, 0.1) is 0 Å². The Morgan fingerprint density at radius 1 is 1.39 bits per heavy atom. The molecule has 2 unspecified atom stereocenters. The highest BCUT2D eigenvalue weighted by Crippen LogP contribution is 2.02. The second-order valence-corrected chi connectivity index (χ2v) is 3.97. The summed E-state index contributed by atoms with van der Waals surface area (Å²) in [6.07, 6.45) is 4.45. The lowest BCUT2D eigenvalue weighted by Gasteiger charge is -2.18. The molecule has 1 aromatic rings. The largest absolute Gasteiger partial charge is 0.433 e. The topological polar surface area (TPSA) is 53.6 Å². The summed E-state index contributed by atoms with van der Waals surface area (Å²) < 4.78 is 19.2. The van der Waals surface area contributed by atoms with Crippen molar-refractivity contribution in [2.45, 2.75) is 39.9 Å². The van der Waals surface area contributed by atoms with E-state index in [1.54, 1.807) is 30.9 Å². The van der Waals surface area contributed by atoms with E-state index in [4.69, 9.17) is 14.2 Å². The molecule has 6 nitrogen and oxygen atoms in total. The van der Waals surface area contributed by atoms with Gasteiger partial charge in [0.1, 0.15) is 12.4 Å². The van der Waals surface area contributed by atoms with Gasteiger partial charge in [-0.3, -0.25) is 0 Å². The number of aryl methyl sites for hydroxylation is 1. The van der Waals surface area contributed by atoms with Gasteiger partial charge in [-0.2, -0.15) is 0 Å². The molecular formula is C12H21N2O4+. The van der Waals surface area contributed by atoms with E-state index in [0.717, 1.165) is 0 Å². The average Bonchev–Trinajstić information content (AvgIpc) is 2.63. The zero-order valence-electron chi connectivity index (χ0n) is 11.3. The number of hydrogen-bond donors (Lipinski definition) is 0. The maximum absolute atomic E-state index is 11.6. The van der Waals surface area contributed by atoms with E-state index in [0.29, 0.717) is 6.61 Å². The molecule has 0 amide bonds. The first-order valence-electron chi connectivity index (χ1n) is 5.98. The van der Waals surface area contributed by atoms with E-state index >= 15 is 0 Å². The van der Waals surface area contributed by atoms with Crippen molar-refractivity contribution in [1.82, 2.24) is 4.57 Å². The van der Waals surface area contributed by atoms with E-state index < -0.39 is 6.29 Å². The summed E-state index contributed by atoms with van der Waals surface area (Å²) in [6.45, 7) is 6.03. The van der Waals surface area contributed by atoms with Crippen molar-refractivity contribution in [3.8, 4) is 0 Å². The SMILES string of the molecule is CCOC(C)OC(C)OC(=O)Cn1cc[n+](C)c1. The van der Waals surface area contributed by atoms with Crippen LogP contribution in [0.25, 0.3) is 0 Å². The van der Waals surface area contributed by atoms with Gasteiger partial charge in [-0.15, -0.1) is 0 Å². The van der Waals surface area contributed by atoms with Crippen LogP contribution in [-0.2, 0) is 32.6 Å². The lowest BCUT2D eigenvalue weighted by molar-refractivity contribution is -0.671. The summed E-state index contributed by atoms with van der Waals surface area (Å²) >= 11 is 0. The standard InChI is InChI=1S/C12H21N2O4/c1-5-16-10(2)17-11(3)18-12(15)8-14-7-6-13(4)9-14/h6-7,9-11H,5,8H2,1-4H3/q+1. The Bertz CT molecular complexity index is 378. The van der Waals surface area contributed by atoms with Gasteiger partial charge in [-0.25, -0.2) is 13.9 Å². The van der Waals surface area contributed by atoms with Crippen LogP contribution in [-0.4, -0.2) is 29.7 Å². The van der Waals surface area contributed by atoms with Gasteiger partial charge in [0.2, 0.25) is 12.6 Å². The Morgan fingerprint density at radius 3 is 2.67 bits per heavy atom. The summed E-state index contributed by atoms with van der Waals surface area (Å²) in [7, 11) is 1.89. The molecule has 0 bridgehead atoms. The number of nitrogens with zero attached hydrogens (tertiary/aromatic N) is 2. The van der Waals surface area contributed by atoms with Crippen LogP contribution in [0.5, 0.6) is 0 Å². The van der Waals surface area contributed by atoms with Crippen LogP contribution < -0.4 is 4.57 Å². The molecule has 0 spiro atoms. The Morgan fingerprint density at radius 2 is 2.11 bits per heavy atom. The van der Waals surface area contributed by atoms with E-state index in [1.807, 2.05) is 24.7 Å². The number of hydrogen-bond acceptors (Lipinski definition) is 4. The normalized spacial score (nSPS) is 14.2. The molecule has 0 fully saturated rings. The first-order chi connectivity index (χ1) is 8.51. The van der Waals surface area contributed by atoms with Gasteiger partial charge < -0.3 is 14.2 Å². The van der Waals surface area contributed by atoms with Crippen LogP contribution in [0.4, 0.5) is 0 Å². The molecule has 0 aromatic carbocycles. The third-order valence-corrected chi connectivity index (χ3v) is 2.22. The monoisotopic (exact) mass is 257 g/mol. The summed E-state index contributed by atoms with van der Waals surface area (Å²) in [5.41, 5.74) is 0. The Hall–Kier alpha value is -1.40. The predicted octanol–water partition coefficient (Wildman–Crippen LogP) is 0.601. The minimum absolute atomic E-state index is 0.164. The number of carbonyl (C=O) groups is 1. The number of ether oxygens (including phenoxy) is 3. The van der Waals surface area contributed by atoms with Crippen molar-refractivity contribution in [2.24, 2.45) is 7.05 Å². The predicted molar refractivity (Wildman–Crippen MR) is 63.3 cm³/mol. The fourth-order valence-corrected chi connectivity index (χ4v) is 1.54. The minimum Gasteiger partial charge on any atom is -0.433 e. The zero-order valence-corrected chi connectivity index (χ0v) is 11.3. The molecule has 1 rings (SSSR count). The Balaban J connectivity index is 2.31. The van der Waals surface area contributed by atoms with Crippen LogP contribution in [0.3, 0.4) is 0 Å². The van der Waals surface area contributed by atoms with E-state index in [2.05, 4.69) is 0 Å². The molecule has 0 saturated heterocycles. The van der Waals surface area contributed by atoms with Gasteiger partial charge in [-0.1, -0.05) is 0 Å². The third-order valence-electron chi connectivity index (χ3n) is 2.22. The van der Waals surface area contributed by atoms with Gasteiger partial charge in [0, 0.05) is 6.61 Å². The van der Waals surface area contributed by atoms with Gasteiger partial charge in [0.15, 0.2) is 12.8 Å². The number of esters is 1. The van der Waals surface area contributed by atoms with E-state index in [-0.39, 0.29) is 18.8 Å². The minimum atomic E-state index is -0.622. The maximum atomic E-state index is 11.6. The second-order valence-electron chi connectivity index (χ2n) is 3.97. The molecule has 2 atom stereocenters. The molecule has 1 heterocycles. The average molecular weight is 257 g/mol. The summed E-state index contributed by atoms with van der Waals surface area (Å²) in [5.74, 6) is -0.345. The number of imidazole rings is 1. The fraction of sp³-hybridized carbons (Fsp3) is 0.667. The van der Waals surface area contributed by atoms with Crippen LogP contribution >= 0.6 is 0 Å². The molecule has 0 N–H and O–H groups in total. The molecule has 0 radical (unpaired) electrons. The van der Waals surface area contributed by atoms with Gasteiger partial charge in [0.05, 0.1) is 7.05 Å². The quantitative estimate of drug-likeness (QED) is 0.408. The van der Waals surface area contributed by atoms with Crippen molar-refractivity contribution >= 4 is 5.97 Å². The lowest BCUT2D eigenvalue weighted by Crippen LogP contribution is -2.27. The number of aromatic nitrogens is 2.